The molecule has 0 radical (unpaired) electrons. The van der Waals surface area contributed by atoms with Gasteiger partial charge in [0.25, 0.3) is 5.91 Å². The monoisotopic (exact) mass is 299 g/mol. The molecule has 0 aromatic carbocycles. The summed E-state index contributed by atoms with van der Waals surface area (Å²) in [5, 5.41) is 0. The Balaban J connectivity index is 2.15. The van der Waals surface area contributed by atoms with Crippen molar-refractivity contribution in [1.82, 2.24) is 9.47 Å². The van der Waals surface area contributed by atoms with Gasteiger partial charge < -0.3 is 15.2 Å². The zero-order valence-corrected chi connectivity index (χ0v) is 11.8. The van der Waals surface area contributed by atoms with Gasteiger partial charge in [-0.05, 0) is 40.4 Å². The van der Waals surface area contributed by atoms with Gasteiger partial charge in [-0.15, -0.1) is 0 Å². The van der Waals surface area contributed by atoms with E-state index >= 15 is 0 Å². The third kappa shape index (κ3) is 2.40. The van der Waals surface area contributed by atoms with E-state index in [1.807, 2.05) is 28.8 Å². The Labute approximate surface area is 110 Å². The lowest BCUT2D eigenvalue weighted by atomic mass is 9.90. The van der Waals surface area contributed by atoms with Gasteiger partial charge in [0.05, 0.1) is 0 Å². The van der Waals surface area contributed by atoms with E-state index in [1.165, 1.54) is 0 Å². The molecule has 1 fully saturated rings. The van der Waals surface area contributed by atoms with Crippen LogP contribution in [0.4, 0.5) is 0 Å². The minimum Gasteiger partial charge on any atom is -0.345 e. The molecular formula is C12H18BrN3O. The second-order valence-corrected chi connectivity index (χ2v) is 6.06. The van der Waals surface area contributed by atoms with Crippen LogP contribution < -0.4 is 5.73 Å². The Morgan fingerprint density at radius 3 is 2.82 bits per heavy atom. The molecule has 4 nitrogen and oxygen atoms in total. The first-order chi connectivity index (χ1) is 7.95. The zero-order chi connectivity index (χ0) is 12.6. The normalized spacial score (nSPS) is 24.4. The van der Waals surface area contributed by atoms with E-state index in [2.05, 4.69) is 22.9 Å². The summed E-state index contributed by atoms with van der Waals surface area (Å²) in [4.78, 5) is 14.2. The molecule has 1 aromatic rings. The Morgan fingerprint density at radius 2 is 2.35 bits per heavy atom. The number of carbonyl (C=O) groups excluding carboxylic acids is 1. The number of hydrogen-bond donors (Lipinski definition) is 1. The molecule has 1 atom stereocenters. The molecule has 1 aliphatic rings. The SMILES string of the molecule is Cn1cc(Br)cc1C(=O)N1CCC(C)(CN)C1. The number of likely N-dealkylation sites (tertiary alicyclic amines) is 1. The van der Waals surface area contributed by atoms with Gasteiger partial charge in [0.2, 0.25) is 0 Å². The number of carbonyl (C=O) groups is 1. The summed E-state index contributed by atoms with van der Waals surface area (Å²) in [5.74, 6) is 0.0929. The molecule has 1 aromatic heterocycles. The summed E-state index contributed by atoms with van der Waals surface area (Å²) < 4.78 is 2.79. The quantitative estimate of drug-likeness (QED) is 0.902. The molecule has 1 aliphatic heterocycles. The summed E-state index contributed by atoms with van der Waals surface area (Å²) in [5.41, 5.74) is 6.55. The molecule has 0 bridgehead atoms. The largest absolute Gasteiger partial charge is 0.345 e. The van der Waals surface area contributed by atoms with Gasteiger partial charge in [-0.3, -0.25) is 4.79 Å². The van der Waals surface area contributed by atoms with Crippen molar-refractivity contribution in [2.45, 2.75) is 13.3 Å². The number of aromatic nitrogens is 1. The van der Waals surface area contributed by atoms with Gasteiger partial charge in [0.15, 0.2) is 0 Å². The highest BCUT2D eigenvalue weighted by Crippen LogP contribution is 2.29. The first-order valence-corrected chi connectivity index (χ1v) is 6.56. The van der Waals surface area contributed by atoms with Gasteiger partial charge in [-0.1, -0.05) is 6.92 Å². The molecule has 0 aliphatic carbocycles. The van der Waals surface area contributed by atoms with E-state index in [1.54, 1.807) is 0 Å². The highest BCUT2D eigenvalue weighted by atomic mass is 79.9. The number of halogens is 1. The van der Waals surface area contributed by atoms with Crippen molar-refractivity contribution in [2.75, 3.05) is 19.6 Å². The smallest absolute Gasteiger partial charge is 0.270 e. The predicted octanol–water partition coefficient (Wildman–Crippen LogP) is 1.60. The van der Waals surface area contributed by atoms with Gasteiger partial charge in [0, 0.05) is 30.8 Å². The Kier molecular flexibility index (Phi) is 3.32. The average molecular weight is 300 g/mol. The number of amides is 1. The van der Waals surface area contributed by atoms with Crippen molar-refractivity contribution in [1.29, 1.82) is 0 Å². The highest BCUT2D eigenvalue weighted by Gasteiger charge is 2.35. The van der Waals surface area contributed by atoms with Crippen molar-refractivity contribution < 1.29 is 4.79 Å². The molecule has 0 saturated carbocycles. The summed E-state index contributed by atoms with van der Waals surface area (Å²) in [6, 6.07) is 1.86. The second kappa shape index (κ2) is 4.46. The topological polar surface area (TPSA) is 51.3 Å². The number of rotatable bonds is 2. The molecule has 94 valence electrons. The maximum absolute atomic E-state index is 12.3. The maximum atomic E-state index is 12.3. The Morgan fingerprint density at radius 1 is 1.65 bits per heavy atom. The van der Waals surface area contributed by atoms with E-state index in [9.17, 15) is 4.79 Å². The third-order valence-electron chi connectivity index (χ3n) is 3.53. The van der Waals surface area contributed by atoms with Crippen molar-refractivity contribution in [3.05, 3.63) is 22.4 Å². The zero-order valence-electron chi connectivity index (χ0n) is 10.2. The van der Waals surface area contributed by atoms with Gasteiger partial charge in [-0.2, -0.15) is 0 Å². The van der Waals surface area contributed by atoms with Crippen LogP contribution in [0.1, 0.15) is 23.8 Å². The third-order valence-corrected chi connectivity index (χ3v) is 3.96. The Bertz CT molecular complexity index is 443. The van der Waals surface area contributed by atoms with Crippen molar-refractivity contribution in [2.24, 2.45) is 18.2 Å². The van der Waals surface area contributed by atoms with Crippen LogP contribution >= 0.6 is 15.9 Å². The van der Waals surface area contributed by atoms with Gasteiger partial charge in [0.1, 0.15) is 5.69 Å². The van der Waals surface area contributed by atoms with Gasteiger partial charge in [-0.25, -0.2) is 0 Å². The fraction of sp³-hybridized carbons (Fsp3) is 0.583. The molecule has 5 heteroatoms. The molecule has 1 amide bonds. The predicted molar refractivity (Wildman–Crippen MR) is 70.8 cm³/mol. The Hall–Kier alpha value is -0.810. The molecular weight excluding hydrogens is 282 g/mol. The molecule has 17 heavy (non-hydrogen) atoms. The highest BCUT2D eigenvalue weighted by molar-refractivity contribution is 9.10. The molecule has 2 rings (SSSR count). The number of aryl methyl sites for hydroxylation is 1. The average Bonchev–Trinajstić information content (AvgIpc) is 2.82. The van der Waals surface area contributed by atoms with Crippen molar-refractivity contribution in [3.8, 4) is 0 Å². The molecule has 1 saturated heterocycles. The summed E-state index contributed by atoms with van der Waals surface area (Å²) in [6.07, 6.45) is 2.88. The van der Waals surface area contributed by atoms with Crippen LogP contribution in [0.3, 0.4) is 0 Å². The van der Waals surface area contributed by atoms with E-state index in [-0.39, 0.29) is 11.3 Å². The van der Waals surface area contributed by atoms with Crippen molar-refractivity contribution >= 4 is 21.8 Å². The lowest BCUT2D eigenvalue weighted by molar-refractivity contribution is 0.0767. The van der Waals surface area contributed by atoms with Gasteiger partial charge >= 0.3 is 0 Å². The van der Waals surface area contributed by atoms with Crippen molar-refractivity contribution in [3.63, 3.8) is 0 Å². The van der Waals surface area contributed by atoms with Crippen LogP contribution in [0.15, 0.2) is 16.7 Å². The van der Waals surface area contributed by atoms with Crippen LogP contribution in [-0.2, 0) is 7.05 Å². The van der Waals surface area contributed by atoms with E-state index < -0.39 is 0 Å². The lowest BCUT2D eigenvalue weighted by Crippen LogP contribution is -2.35. The lowest BCUT2D eigenvalue weighted by Gasteiger charge is -2.22. The van der Waals surface area contributed by atoms with E-state index in [0.717, 1.165) is 29.7 Å². The minimum absolute atomic E-state index is 0.0814. The van der Waals surface area contributed by atoms with Crippen LogP contribution in [0, 0.1) is 5.41 Å². The standard InChI is InChI=1S/C12H18BrN3O/c1-12(7-14)3-4-16(8-12)11(17)10-5-9(13)6-15(10)2/h5-6H,3-4,7-8,14H2,1-2H3. The van der Waals surface area contributed by atoms with Crippen LogP contribution in [-0.4, -0.2) is 35.0 Å². The number of nitrogens with two attached hydrogens (primary N) is 1. The first kappa shape index (κ1) is 12.6. The summed E-state index contributed by atoms with van der Waals surface area (Å²) in [6.45, 7) is 4.33. The fourth-order valence-corrected chi connectivity index (χ4v) is 2.79. The molecule has 0 spiro atoms. The maximum Gasteiger partial charge on any atom is 0.270 e. The first-order valence-electron chi connectivity index (χ1n) is 5.76. The number of hydrogen-bond acceptors (Lipinski definition) is 2. The summed E-state index contributed by atoms with van der Waals surface area (Å²) >= 11 is 3.38. The van der Waals surface area contributed by atoms with Crippen LogP contribution in [0.5, 0.6) is 0 Å². The minimum atomic E-state index is 0.0814. The van der Waals surface area contributed by atoms with E-state index in [0.29, 0.717) is 6.54 Å². The molecule has 2 heterocycles. The fourth-order valence-electron chi connectivity index (χ4n) is 2.26. The molecule has 1 unspecified atom stereocenters. The molecule has 2 N–H and O–H groups in total. The number of nitrogens with zero attached hydrogens (tertiary/aromatic N) is 2. The van der Waals surface area contributed by atoms with Crippen LogP contribution in [0.2, 0.25) is 0 Å². The van der Waals surface area contributed by atoms with E-state index in [4.69, 9.17) is 5.73 Å². The summed E-state index contributed by atoms with van der Waals surface area (Å²) in [7, 11) is 1.89. The second-order valence-electron chi connectivity index (χ2n) is 5.15. The van der Waals surface area contributed by atoms with Crippen LogP contribution in [0.25, 0.3) is 0 Å².